The Morgan fingerprint density at radius 1 is 1.12 bits per heavy atom. The Labute approximate surface area is 245 Å². The average molecular weight is 582 g/mol. The molecule has 11 nitrogen and oxygen atoms in total. The minimum absolute atomic E-state index is 0.139. The molecule has 4 aliphatic heterocycles. The Bertz CT molecular complexity index is 1280. The van der Waals surface area contributed by atoms with E-state index < -0.39 is 53.6 Å². The number of nitrogens with one attached hydrogen (secondary N) is 1. The van der Waals surface area contributed by atoms with Crippen molar-refractivity contribution in [1.29, 1.82) is 0 Å². The van der Waals surface area contributed by atoms with Crippen LogP contribution in [0.25, 0.3) is 0 Å². The monoisotopic (exact) mass is 581 g/mol. The number of ether oxygens (including phenoxy) is 3. The minimum Gasteiger partial charge on any atom is -0.497 e. The number of likely N-dealkylation sites (tertiary alicyclic amines) is 1. The summed E-state index contributed by atoms with van der Waals surface area (Å²) in [5.41, 5.74) is -0.869. The Kier molecular flexibility index (Phi) is 8.43. The molecule has 2 N–H and O–H groups in total. The van der Waals surface area contributed by atoms with Gasteiger partial charge >= 0.3 is 5.97 Å². The summed E-state index contributed by atoms with van der Waals surface area (Å²) in [7, 11) is 1.56. The number of hydrogen-bond acceptors (Lipinski definition) is 8. The largest absolute Gasteiger partial charge is 0.497 e. The zero-order chi connectivity index (χ0) is 30.2. The Morgan fingerprint density at radius 2 is 1.86 bits per heavy atom. The van der Waals surface area contributed by atoms with Crippen molar-refractivity contribution in [3.05, 3.63) is 48.6 Å². The Balaban J connectivity index is 1.62. The number of aliphatic hydroxyl groups is 1. The fraction of sp³-hybridized carbons (Fsp3) is 0.548. The van der Waals surface area contributed by atoms with Gasteiger partial charge in [0.2, 0.25) is 11.8 Å². The molecular weight excluding hydrogens is 542 g/mol. The summed E-state index contributed by atoms with van der Waals surface area (Å²) in [5, 5.41) is 13.2. The first-order valence-electron chi connectivity index (χ1n) is 14.5. The molecule has 0 bridgehead atoms. The lowest BCUT2D eigenvalue weighted by Gasteiger charge is -2.39. The zero-order valence-corrected chi connectivity index (χ0v) is 24.4. The first-order chi connectivity index (χ1) is 20.1. The number of fused-ring (bicyclic) bond motifs is 2. The van der Waals surface area contributed by atoms with Gasteiger partial charge in [-0.15, -0.1) is 0 Å². The molecule has 4 heterocycles. The molecule has 7 atom stereocenters. The second-order valence-corrected chi connectivity index (χ2v) is 11.6. The fourth-order valence-corrected chi connectivity index (χ4v) is 6.57. The number of hydrogen-bond donors (Lipinski definition) is 2. The molecule has 3 amide bonds. The van der Waals surface area contributed by atoms with Gasteiger partial charge in [0.15, 0.2) is 0 Å². The van der Waals surface area contributed by atoms with Crippen molar-refractivity contribution in [3.8, 4) is 5.75 Å². The van der Waals surface area contributed by atoms with Gasteiger partial charge in [-0.05, 0) is 43.5 Å². The topological polar surface area (TPSA) is 135 Å². The quantitative estimate of drug-likeness (QED) is 0.396. The highest BCUT2D eigenvalue weighted by Gasteiger charge is 2.72. The van der Waals surface area contributed by atoms with Crippen LogP contribution in [0.5, 0.6) is 5.75 Å². The van der Waals surface area contributed by atoms with Crippen LogP contribution in [0.15, 0.2) is 48.6 Å². The predicted octanol–water partition coefficient (Wildman–Crippen LogP) is 1.59. The van der Waals surface area contributed by atoms with Crippen LogP contribution >= 0.6 is 0 Å². The maximum absolute atomic E-state index is 14.5. The van der Waals surface area contributed by atoms with Crippen molar-refractivity contribution in [2.24, 2.45) is 17.8 Å². The minimum atomic E-state index is -1.48. The van der Waals surface area contributed by atoms with Crippen LogP contribution in [0.4, 0.5) is 5.69 Å². The van der Waals surface area contributed by atoms with E-state index in [4.69, 9.17) is 14.2 Å². The van der Waals surface area contributed by atoms with E-state index in [2.05, 4.69) is 5.32 Å². The molecule has 42 heavy (non-hydrogen) atoms. The van der Waals surface area contributed by atoms with E-state index in [1.807, 2.05) is 13.8 Å². The second-order valence-electron chi connectivity index (χ2n) is 11.6. The molecule has 1 spiro atoms. The number of carbonyl (C=O) groups is 4. The highest BCUT2D eigenvalue weighted by atomic mass is 16.6. The van der Waals surface area contributed by atoms with E-state index in [9.17, 15) is 24.3 Å². The van der Waals surface area contributed by atoms with Crippen LogP contribution in [0, 0.1) is 17.8 Å². The van der Waals surface area contributed by atoms with Gasteiger partial charge in [-0.25, -0.2) is 0 Å². The lowest BCUT2D eigenvalue weighted by atomic mass is 9.78. The van der Waals surface area contributed by atoms with Gasteiger partial charge in [0.1, 0.15) is 29.4 Å². The lowest BCUT2D eigenvalue weighted by Crippen LogP contribution is -2.59. The molecular formula is C31H39N3O8. The van der Waals surface area contributed by atoms with Gasteiger partial charge in [0, 0.05) is 18.7 Å². The number of nitrogens with zero attached hydrogens (tertiary/aromatic N) is 2. The third kappa shape index (κ3) is 5.09. The molecule has 226 valence electrons. The number of esters is 1. The number of amides is 3. The van der Waals surface area contributed by atoms with Gasteiger partial charge in [-0.1, -0.05) is 38.2 Å². The molecule has 0 unspecified atom stereocenters. The van der Waals surface area contributed by atoms with E-state index in [0.717, 1.165) is 0 Å². The van der Waals surface area contributed by atoms with Gasteiger partial charge in [0.05, 0.1) is 38.3 Å². The number of rotatable bonds is 5. The van der Waals surface area contributed by atoms with Crippen LogP contribution in [0.3, 0.4) is 0 Å². The highest BCUT2D eigenvalue weighted by Crippen LogP contribution is 2.54. The summed E-state index contributed by atoms with van der Waals surface area (Å²) in [5.74, 6) is -3.25. The molecule has 0 aliphatic carbocycles. The van der Waals surface area contributed by atoms with Crippen molar-refractivity contribution in [2.75, 3.05) is 31.7 Å². The van der Waals surface area contributed by atoms with Crippen LogP contribution in [0.2, 0.25) is 0 Å². The number of allylic oxidation sites excluding steroid dienone is 1. The molecule has 1 aromatic carbocycles. The van der Waals surface area contributed by atoms with E-state index in [1.54, 1.807) is 67.5 Å². The lowest BCUT2D eigenvalue weighted by molar-refractivity contribution is -0.159. The Hall–Kier alpha value is -3.70. The summed E-state index contributed by atoms with van der Waals surface area (Å²) in [6.45, 7) is 5.42. The van der Waals surface area contributed by atoms with E-state index in [1.165, 1.54) is 4.90 Å². The molecule has 2 saturated heterocycles. The van der Waals surface area contributed by atoms with E-state index >= 15 is 0 Å². The van der Waals surface area contributed by atoms with Crippen LogP contribution < -0.4 is 15.0 Å². The Morgan fingerprint density at radius 3 is 2.52 bits per heavy atom. The molecule has 11 heteroatoms. The smallest absolute Gasteiger partial charge is 0.313 e. The number of anilines is 1. The maximum atomic E-state index is 14.5. The predicted molar refractivity (Wildman–Crippen MR) is 152 cm³/mol. The van der Waals surface area contributed by atoms with Gasteiger partial charge in [-0.2, -0.15) is 0 Å². The number of aliphatic hydroxyl groups excluding tert-OH is 1. The summed E-state index contributed by atoms with van der Waals surface area (Å²) in [4.78, 5) is 57.9. The third-order valence-electron chi connectivity index (χ3n) is 8.67. The van der Waals surface area contributed by atoms with Crippen molar-refractivity contribution in [1.82, 2.24) is 10.2 Å². The van der Waals surface area contributed by atoms with Crippen molar-refractivity contribution in [3.63, 3.8) is 0 Å². The van der Waals surface area contributed by atoms with Crippen molar-refractivity contribution >= 4 is 29.4 Å². The molecule has 0 saturated carbocycles. The molecule has 0 radical (unpaired) electrons. The SMILES string of the molecule is COc1ccc(N2CC=C[C@]34O[C@@H]5/C=C\CCC(=O)NC[C@@H](C)OC(=O)[C@@H]5[C@H]3C(=O)N([C@@H](CO)C(C)C)[C@@H]4C2=O)cc1. The van der Waals surface area contributed by atoms with Crippen molar-refractivity contribution < 1.29 is 38.5 Å². The van der Waals surface area contributed by atoms with Gasteiger partial charge in [0.25, 0.3) is 5.91 Å². The normalized spacial score (nSPS) is 33.0. The standard InChI is InChI=1S/C31H39N3O8/c1-18(2)22(17-35)34-27-29(38)33(20-10-12-21(40-4)13-11-20)15-7-14-31(27)26(28(34)37)25-23(42-31)8-5-6-9-24(36)32-16-19(3)41-30(25)39/h5,7-8,10-14,18-19,22-23,25-27,35H,6,9,15-17H2,1-4H3,(H,32,36)/b8-5-/t19-,22+,23-,25+,26+,27-,31+/m1/s1. The van der Waals surface area contributed by atoms with Gasteiger partial charge in [-0.3, -0.25) is 19.2 Å². The zero-order valence-electron chi connectivity index (χ0n) is 24.4. The first kappa shape index (κ1) is 29.8. The number of methoxy groups -OCH3 is 1. The molecule has 4 aliphatic rings. The second kappa shape index (κ2) is 11.9. The van der Waals surface area contributed by atoms with Crippen LogP contribution in [-0.4, -0.2) is 90.4 Å². The maximum Gasteiger partial charge on any atom is 0.313 e. The number of benzene rings is 1. The van der Waals surface area contributed by atoms with Crippen LogP contribution in [0.1, 0.15) is 33.6 Å². The summed E-state index contributed by atoms with van der Waals surface area (Å²) < 4.78 is 17.7. The number of carbonyl (C=O) groups excluding carboxylic acids is 4. The summed E-state index contributed by atoms with van der Waals surface area (Å²) in [6, 6.07) is 5.22. The average Bonchev–Trinajstić information content (AvgIpc) is 3.35. The highest BCUT2D eigenvalue weighted by molar-refractivity contribution is 6.05. The third-order valence-corrected chi connectivity index (χ3v) is 8.67. The van der Waals surface area contributed by atoms with E-state index in [-0.39, 0.29) is 43.8 Å². The van der Waals surface area contributed by atoms with Gasteiger partial charge < -0.3 is 34.4 Å². The first-order valence-corrected chi connectivity index (χ1v) is 14.5. The fourth-order valence-electron chi connectivity index (χ4n) is 6.57. The van der Waals surface area contributed by atoms with Crippen LogP contribution in [-0.2, 0) is 28.7 Å². The molecule has 1 aromatic rings. The summed E-state index contributed by atoms with van der Waals surface area (Å²) in [6.07, 6.45) is 6.18. The molecule has 5 rings (SSSR count). The number of cyclic esters (lactones) is 1. The molecule has 2 fully saturated rings. The molecule has 0 aromatic heterocycles. The summed E-state index contributed by atoms with van der Waals surface area (Å²) >= 11 is 0. The van der Waals surface area contributed by atoms with E-state index in [0.29, 0.717) is 17.9 Å². The van der Waals surface area contributed by atoms with Crippen molar-refractivity contribution in [2.45, 2.75) is 63.5 Å².